The normalized spacial score (nSPS) is 14.1. The van der Waals surface area contributed by atoms with E-state index in [0.29, 0.717) is 29.6 Å². The van der Waals surface area contributed by atoms with E-state index in [1.807, 2.05) is 18.2 Å². The molecule has 0 saturated heterocycles. The van der Waals surface area contributed by atoms with Gasteiger partial charge in [0.1, 0.15) is 6.10 Å². The molecule has 0 aliphatic heterocycles. The van der Waals surface area contributed by atoms with Gasteiger partial charge in [0, 0.05) is 24.3 Å². The van der Waals surface area contributed by atoms with Crippen LogP contribution in [0.25, 0.3) is 5.65 Å². The molecule has 1 fully saturated rings. The highest BCUT2D eigenvalue weighted by molar-refractivity contribution is 5.95. The van der Waals surface area contributed by atoms with Crippen LogP contribution in [0.3, 0.4) is 0 Å². The van der Waals surface area contributed by atoms with Crippen LogP contribution in [-0.4, -0.2) is 33.2 Å². The van der Waals surface area contributed by atoms with Crippen LogP contribution in [0.5, 0.6) is 5.88 Å². The van der Waals surface area contributed by atoms with E-state index in [1.165, 1.54) is 17.4 Å². The van der Waals surface area contributed by atoms with Gasteiger partial charge in [-0.1, -0.05) is 45.2 Å². The summed E-state index contributed by atoms with van der Waals surface area (Å²) in [7, 11) is 0. The Morgan fingerprint density at radius 3 is 2.60 bits per heavy atom. The van der Waals surface area contributed by atoms with Crippen LogP contribution in [0.4, 0.5) is 5.95 Å². The maximum atomic E-state index is 13.4. The molecule has 35 heavy (non-hydrogen) atoms. The third-order valence-electron chi connectivity index (χ3n) is 6.49. The number of nitrogens with two attached hydrogens (primary N) is 1. The van der Waals surface area contributed by atoms with Gasteiger partial charge in [0.05, 0.1) is 6.61 Å². The lowest BCUT2D eigenvalue weighted by Crippen LogP contribution is -2.40. The first-order valence-corrected chi connectivity index (χ1v) is 12.6. The third kappa shape index (κ3) is 6.17. The van der Waals surface area contributed by atoms with Crippen molar-refractivity contribution in [1.29, 1.82) is 0 Å². The Morgan fingerprint density at radius 2 is 1.94 bits per heavy atom. The largest absolute Gasteiger partial charge is 0.472 e. The average Bonchev–Trinajstić information content (AvgIpc) is 3.60. The van der Waals surface area contributed by atoms with E-state index in [0.717, 1.165) is 30.6 Å². The van der Waals surface area contributed by atoms with Crippen LogP contribution >= 0.6 is 0 Å². The molecular formula is C27H38N5O3+. The number of carbonyl (C=O) groups excluding carboxylic acids is 1. The number of hydrogen-bond donors (Lipinski definition) is 1. The van der Waals surface area contributed by atoms with E-state index >= 15 is 0 Å². The minimum atomic E-state index is -0.0879. The van der Waals surface area contributed by atoms with Gasteiger partial charge in [0.25, 0.3) is 5.88 Å². The van der Waals surface area contributed by atoms with E-state index in [2.05, 4.69) is 50.9 Å². The first-order chi connectivity index (χ1) is 16.7. The van der Waals surface area contributed by atoms with Crippen LogP contribution in [0.15, 0.2) is 30.3 Å². The summed E-state index contributed by atoms with van der Waals surface area (Å²) in [4.78, 5) is 13.4. The van der Waals surface area contributed by atoms with Crippen molar-refractivity contribution in [2.75, 3.05) is 12.3 Å². The second-order valence-corrected chi connectivity index (χ2v) is 10.6. The molecule has 188 valence electrons. The second-order valence-electron chi connectivity index (χ2n) is 10.6. The van der Waals surface area contributed by atoms with Gasteiger partial charge >= 0.3 is 11.6 Å². The van der Waals surface area contributed by atoms with E-state index in [9.17, 15) is 4.79 Å². The summed E-state index contributed by atoms with van der Waals surface area (Å²) in [5.41, 5.74) is 9.45. The molecule has 0 amide bonds. The Bertz CT molecular complexity index is 1190. The number of nitrogen functional groups attached to an aromatic ring is 1. The van der Waals surface area contributed by atoms with Crippen molar-refractivity contribution in [3.8, 4) is 5.88 Å². The van der Waals surface area contributed by atoms with Gasteiger partial charge in [-0.05, 0) is 70.5 Å². The fraction of sp³-hybridized carbons (Fsp3) is 0.556. The highest BCUT2D eigenvalue weighted by atomic mass is 16.5. The number of aromatic nitrogens is 4. The Hall–Kier alpha value is -3.00. The molecule has 8 heteroatoms. The lowest BCUT2D eigenvalue weighted by atomic mass is 9.84. The predicted octanol–water partition coefficient (Wildman–Crippen LogP) is 4.27. The highest BCUT2D eigenvalue weighted by Crippen LogP contribution is 2.30. The van der Waals surface area contributed by atoms with Gasteiger partial charge in [-0.2, -0.15) is 0 Å². The lowest BCUT2D eigenvalue weighted by molar-refractivity contribution is -0.714. The molecule has 4 rings (SSSR count). The van der Waals surface area contributed by atoms with Crippen LogP contribution in [0.2, 0.25) is 0 Å². The quantitative estimate of drug-likeness (QED) is 0.325. The summed E-state index contributed by atoms with van der Waals surface area (Å²) in [5.74, 6) is 1.36. The van der Waals surface area contributed by atoms with Crippen molar-refractivity contribution in [3.05, 3.63) is 47.0 Å². The van der Waals surface area contributed by atoms with Crippen LogP contribution in [-0.2, 0) is 23.3 Å². The number of benzene rings is 1. The molecule has 3 aromatic rings. The maximum absolute atomic E-state index is 13.4. The number of rotatable bonds is 11. The van der Waals surface area contributed by atoms with Gasteiger partial charge < -0.3 is 15.2 Å². The zero-order chi connectivity index (χ0) is 25.2. The summed E-state index contributed by atoms with van der Waals surface area (Å²) in [6, 6.07) is 9.70. The highest BCUT2D eigenvalue weighted by Gasteiger charge is 2.25. The van der Waals surface area contributed by atoms with E-state index in [-0.39, 0.29) is 29.8 Å². The second kappa shape index (κ2) is 10.3. The van der Waals surface area contributed by atoms with E-state index in [1.54, 1.807) is 10.7 Å². The molecule has 2 N–H and O–H groups in total. The fourth-order valence-electron chi connectivity index (χ4n) is 4.01. The Kier molecular flexibility index (Phi) is 7.40. The number of fused-ring (bicyclic) bond motifs is 1. The van der Waals surface area contributed by atoms with Crippen LogP contribution in [0.1, 0.15) is 81.8 Å². The standard InChI is InChI=1S/C27H38N5O3/c1-6-22(7-2)35-24-10-11-25-31(30-26(28)32(25)29-24)15-23(33)20-12-19(17-34-16-18-8-9-18)13-21(14-20)27(3,4)5/h10-14,18,22H,6-9,15-17H2,1-5H3,(H2,28,30)/q+1. The van der Waals surface area contributed by atoms with Crippen molar-refractivity contribution in [3.63, 3.8) is 0 Å². The summed E-state index contributed by atoms with van der Waals surface area (Å²) in [6.07, 6.45) is 4.39. The molecule has 1 aromatic carbocycles. The molecule has 1 aliphatic rings. The topological polar surface area (TPSA) is 95.6 Å². The van der Waals surface area contributed by atoms with E-state index in [4.69, 9.17) is 15.2 Å². The lowest BCUT2D eigenvalue weighted by Gasteiger charge is -2.21. The molecular weight excluding hydrogens is 442 g/mol. The smallest absolute Gasteiger partial charge is 0.355 e. The number of Topliss-reactive ketones (excluding diaryl/α,β-unsaturated/α-hetero) is 1. The molecule has 0 radical (unpaired) electrons. The summed E-state index contributed by atoms with van der Waals surface area (Å²) < 4.78 is 15.0. The summed E-state index contributed by atoms with van der Waals surface area (Å²) in [6.45, 7) is 12.0. The van der Waals surface area contributed by atoms with Gasteiger partial charge in [0.2, 0.25) is 5.78 Å². The SMILES string of the molecule is CCC(CC)Oc1ccc2n(n1)c(N)n[n+]2CC(=O)c1cc(COCC2CC2)cc(C(C)(C)C)c1. The fourth-order valence-corrected chi connectivity index (χ4v) is 4.01. The minimum absolute atomic E-state index is 0.0399. The molecule has 2 aromatic heterocycles. The number of hydrogen-bond acceptors (Lipinski definition) is 6. The summed E-state index contributed by atoms with van der Waals surface area (Å²) in [5, 5.41) is 8.86. The van der Waals surface area contributed by atoms with E-state index < -0.39 is 0 Å². The van der Waals surface area contributed by atoms with Gasteiger partial charge in [-0.25, -0.2) is 0 Å². The van der Waals surface area contributed by atoms with Crippen molar-refractivity contribution < 1.29 is 19.0 Å². The van der Waals surface area contributed by atoms with Crippen molar-refractivity contribution in [2.24, 2.45) is 5.92 Å². The monoisotopic (exact) mass is 480 g/mol. The zero-order valence-electron chi connectivity index (χ0n) is 21.6. The van der Waals surface area contributed by atoms with Gasteiger partial charge in [-0.3, -0.25) is 4.79 Å². The van der Waals surface area contributed by atoms with Crippen molar-refractivity contribution in [2.45, 2.75) is 85.0 Å². The van der Waals surface area contributed by atoms with Crippen molar-refractivity contribution in [1.82, 2.24) is 14.7 Å². The molecule has 8 nitrogen and oxygen atoms in total. The number of nitrogens with zero attached hydrogens (tertiary/aromatic N) is 4. The number of ether oxygens (including phenoxy) is 2. The summed E-state index contributed by atoms with van der Waals surface area (Å²) >= 11 is 0. The molecule has 0 bridgehead atoms. The first-order valence-electron chi connectivity index (χ1n) is 12.6. The maximum Gasteiger partial charge on any atom is 0.355 e. The number of carbonyl (C=O) groups is 1. The predicted molar refractivity (Wildman–Crippen MR) is 134 cm³/mol. The van der Waals surface area contributed by atoms with Gasteiger partial charge in [-0.15, -0.1) is 4.68 Å². The Labute approximate surface area is 207 Å². The van der Waals surface area contributed by atoms with Crippen LogP contribution < -0.4 is 15.2 Å². The molecule has 1 saturated carbocycles. The van der Waals surface area contributed by atoms with Crippen LogP contribution in [0, 0.1) is 5.92 Å². The Balaban J connectivity index is 1.56. The van der Waals surface area contributed by atoms with Gasteiger partial charge in [0.15, 0.2) is 6.54 Å². The Morgan fingerprint density at radius 1 is 1.20 bits per heavy atom. The zero-order valence-corrected chi connectivity index (χ0v) is 21.6. The molecule has 0 unspecified atom stereocenters. The molecule has 0 atom stereocenters. The first kappa shape index (κ1) is 25.1. The molecule has 0 spiro atoms. The van der Waals surface area contributed by atoms with Crippen molar-refractivity contribution >= 4 is 17.4 Å². The number of ketones is 1. The molecule has 2 heterocycles. The minimum Gasteiger partial charge on any atom is -0.472 e. The third-order valence-corrected chi connectivity index (χ3v) is 6.49. The number of anilines is 1. The average molecular weight is 481 g/mol. The molecule has 1 aliphatic carbocycles.